The third kappa shape index (κ3) is 3.79. The summed E-state index contributed by atoms with van der Waals surface area (Å²) in [7, 11) is 1.59. The van der Waals surface area contributed by atoms with Gasteiger partial charge in [0.25, 0.3) is 5.91 Å². The zero-order valence-electron chi connectivity index (χ0n) is 14.9. The molecular formula is C20H22N2O4. The summed E-state index contributed by atoms with van der Waals surface area (Å²) in [5.41, 5.74) is 1.24. The number of methoxy groups -OCH3 is 1. The Morgan fingerprint density at radius 3 is 2.81 bits per heavy atom. The monoisotopic (exact) mass is 354 g/mol. The quantitative estimate of drug-likeness (QED) is 0.866. The Balaban J connectivity index is 1.70. The first kappa shape index (κ1) is 17.8. The highest BCUT2D eigenvalue weighted by Crippen LogP contribution is 2.26. The largest absolute Gasteiger partial charge is 0.497 e. The Morgan fingerprint density at radius 1 is 1.23 bits per heavy atom. The van der Waals surface area contributed by atoms with Crippen LogP contribution in [0.2, 0.25) is 0 Å². The van der Waals surface area contributed by atoms with Crippen molar-refractivity contribution in [3.05, 3.63) is 54.1 Å². The number of para-hydroxylation sites is 1. The van der Waals surface area contributed by atoms with Crippen LogP contribution in [0.5, 0.6) is 11.5 Å². The molecule has 1 fully saturated rings. The van der Waals surface area contributed by atoms with E-state index < -0.39 is 0 Å². The Kier molecular flexibility index (Phi) is 5.41. The van der Waals surface area contributed by atoms with Gasteiger partial charge in [0.05, 0.1) is 25.3 Å². The van der Waals surface area contributed by atoms with Gasteiger partial charge in [-0.1, -0.05) is 18.2 Å². The molecular weight excluding hydrogens is 332 g/mol. The first-order valence-corrected chi connectivity index (χ1v) is 8.59. The van der Waals surface area contributed by atoms with E-state index in [4.69, 9.17) is 9.47 Å². The zero-order valence-corrected chi connectivity index (χ0v) is 14.9. The molecule has 6 heteroatoms. The van der Waals surface area contributed by atoms with Gasteiger partial charge < -0.3 is 19.7 Å². The third-order valence-corrected chi connectivity index (χ3v) is 4.26. The molecule has 1 atom stereocenters. The van der Waals surface area contributed by atoms with Gasteiger partial charge in [0.1, 0.15) is 11.5 Å². The number of hydrogen-bond donors (Lipinski definition) is 1. The van der Waals surface area contributed by atoms with Gasteiger partial charge in [-0.2, -0.15) is 0 Å². The van der Waals surface area contributed by atoms with Crippen LogP contribution in [-0.4, -0.2) is 38.1 Å². The van der Waals surface area contributed by atoms with Crippen LogP contribution >= 0.6 is 0 Å². The predicted octanol–water partition coefficient (Wildman–Crippen LogP) is 2.63. The highest BCUT2D eigenvalue weighted by atomic mass is 16.5. The number of ether oxygens (including phenoxy) is 2. The summed E-state index contributed by atoms with van der Waals surface area (Å²) >= 11 is 0. The number of anilines is 1. The molecule has 1 aliphatic heterocycles. The summed E-state index contributed by atoms with van der Waals surface area (Å²) in [5, 5.41) is 2.94. The predicted molar refractivity (Wildman–Crippen MR) is 98.8 cm³/mol. The van der Waals surface area contributed by atoms with Gasteiger partial charge in [-0.15, -0.1) is 0 Å². The molecule has 136 valence electrons. The fraction of sp³-hybridized carbons (Fsp3) is 0.300. The Bertz CT molecular complexity index is 806. The summed E-state index contributed by atoms with van der Waals surface area (Å²) in [6, 6.07) is 14.2. The van der Waals surface area contributed by atoms with Crippen molar-refractivity contribution >= 4 is 17.5 Å². The molecule has 0 spiro atoms. The molecule has 1 N–H and O–H groups in total. The SMILES string of the molecule is CCOc1ccccc1C(=O)N[C@H]1CC(=O)N(c2cccc(OC)c2)C1. The molecule has 0 saturated carbocycles. The van der Waals surface area contributed by atoms with E-state index in [-0.39, 0.29) is 24.3 Å². The van der Waals surface area contributed by atoms with Crippen LogP contribution < -0.4 is 19.7 Å². The van der Waals surface area contributed by atoms with E-state index in [1.54, 1.807) is 30.2 Å². The number of rotatable bonds is 6. The maximum atomic E-state index is 12.6. The van der Waals surface area contributed by atoms with E-state index in [1.807, 2.05) is 37.3 Å². The summed E-state index contributed by atoms with van der Waals surface area (Å²) < 4.78 is 10.7. The highest BCUT2D eigenvalue weighted by Gasteiger charge is 2.32. The lowest BCUT2D eigenvalue weighted by Gasteiger charge is -2.18. The second-order valence-electron chi connectivity index (χ2n) is 6.01. The minimum Gasteiger partial charge on any atom is -0.497 e. The maximum absolute atomic E-state index is 12.6. The van der Waals surface area contributed by atoms with Gasteiger partial charge >= 0.3 is 0 Å². The molecule has 1 aliphatic rings. The minimum atomic E-state index is -0.254. The Morgan fingerprint density at radius 2 is 2.04 bits per heavy atom. The van der Waals surface area contributed by atoms with Crippen molar-refractivity contribution in [2.45, 2.75) is 19.4 Å². The summed E-state index contributed by atoms with van der Waals surface area (Å²) in [5.74, 6) is 0.968. The van der Waals surface area contributed by atoms with Crippen LogP contribution in [0.4, 0.5) is 5.69 Å². The molecule has 1 heterocycles. The van der Waals surface area contributed by atoms with Gasteiger partial charge in [0.15, 0.2) is 0 Å². The van der Waals surface area contributed by atoms with Crippen molar-refractivity contribution in [1.82, 2.24) is 5.32 Å². The van der Waals surface area contributed by atoms with E-state index in [1.165, 1.54) is 0 Å². The molecule has 2 amide bonds. The smallest absolute Gasteiger partial charge is 0.255 e. The van der Waals surface area contributed by atoms with E-state index in [9.17, 15) is 9.59 Å². The number of carbonyl (C=O) groups excluding carboxylic acids is 2. The second kappa shape index (κ2) is 7.91. The highest BCUT2D eigenvalue weighted by molar-refractivity contribution is 6.00. The van der Waals surface area contributed by atoms with E-state index in [2.05, 4.69) is 5.32 Å². The van der Waals surface area contributed by atoms with Gasteiger partial charge in [-0.25, -0.2) is 0 Å². The van der Waals surface area contributed by atoms with Crippen LogP contribution in [0, 0.1) is 0 Å². The van der Waals surface area contributed by atoms with E-state index >= 15 is 0 Å². The first-order chi connectivity index (χ1) is 12.6. The normalized spacial score (nSPS) is 16.5. The van der Waals surface area contributed by atoms with Crippen molar-refractivity contribution in [2.24, 2.45) is 0 Å². The van der Waals surface area contributed by atoms with E-state index in [0.717, 1.165) is 5.69 Å². The first-order valence-electron chi connectivity index (χ1n) is 8.59. The maximum Gasteiger partial charge on any atom is 0.255 e. The van der Waals surface area contributed by atoms with Crippen molar-refractivity contribution < 1.29 is 19.1 Å². The van der Waals surface area contributed by atoms with Crippen molar-refractivity contribution in [3.8, 4) is 11.5 Å². The fourth-order valence-corrected chi connectivity index (χ4v) is 3.03. The standard InChI is InChI=1S/C20H22N2O4/c1-3-26-18-10-5-4-9-17(18)20(24)21-14-11-19(23)22(13-14)15-7-6-8-16(12-15)25-2/h4-10,12,14H,3,11,13H2,1-2H3,(H,21,24)/t14-/m0/s1. The lowest BCUT2D eigenvalue weighted by Crippen LogP contribution is -2.37. The van der Waals surface area contributed by atoms with E-state index in [0.29, 0.717) is 30.2 Å². The molecule has 0 aliphatic carbocycles. The molecule has 2 aromatic carbocycles. The number of amides is 2. The van der Waals surface area contributed by atoms with Crippen molar-refractivity contribution in [1.29, 1.82) is 0 Å². The van der Waals surface area contributed by atoms with Crippen molar-refractivity contribution in [3.63, 3.8) is 0 Å². The Hall–Kier alpha value is -3.02. The molecule has 0 radical (unpaired) electrons. The molecule has 26 heavy (non-hydrogen) atoms. The fourth-order valence-electron chi connectivity index (χ4n) is 3.03. The Labute approximate surface area is 152 Å². The minimum absolute atomic E-state index is 0.0263. The zero-order chi connectivity index (χ0) is 18.5. The molecule has 1 saturated heterocycles. The summed E-state index contributed by atoms with van der Waals surface area (Å²) in [6.07, 6.45) is 0.264. The topological polar surface area (TPSA) is 67.9 Å². The average Bonchev–Trinajstić information content (AvgIpc) is 3.02. The third-order valence-electron chi connectivity index (χ3n) is 4.26. The van der Waals surface area contributed by atoms with Crippen molar-refractivity contribution in [2.75, 3.05) is 25.2 Å². The summed E-state index contributed by atoms with van der Waals surface area (Å²) in [6.45, 7) is 2.78. The second-order valence-corrected chi connectivity index (χ2v) is 6.01. The van der Waals surface area contributed by atoms with Gasteiger partial charge in [-0.05, 0) is 31.2 Å². The molecule has 0 unspecified atom stereocenters. The van der Waals surface area contributed by atoms with Gasteiger partial charge in [0, 0.05) is 24.7 Å². The van der Waals surface area contributed by atoms with Crippen LogP contribution in [-0.2, 0) is 4.79 Å². The molecule has 6 nitrogen and oxygen atoms in total. The number of nitrogens with one attached hydrogen (secondary N) is 1. The van der Waals surface area contributed by atoms with Crippen LogP contribution in [0.1, 0.15) is 23.7 Å². The van der Waals surface area contributed by atoms with Crippen LogP contribution in [0.3, 0.4) is 0 Å². The number of benzene rings is 2. The summed E-state index contributed by atoms with van der Waals surface area (Å²) in [4.78, 5) is 26.7. The molecule has 0 aromatic heterocycles. The average molecular weight is 354 g/mol. The number of carbonyl (C=O) groups is 2. The lowest BCUT2D eigenvalue weighted by atomic mass is 10.1. The number of hydrogen-bond acceptors (Lipinski definition) is 4. The van der Waals surface area contributed by atoms with Gasteiger partial charge in [-0.3, -0.25) is 9.59 Å². The number of nitrogens with zero attached hydrogens (tertiary/aromatic N) is 1. The molecule has 2 aromatic rings. The molecule has 3 rings (SSSR count). The van der Waals surface area contributed by atoms with Crippen LogP contribution in [0.25, 0.3) is 0 Å². The van der Waals surface area contributed by atoms with Crippen LogP contribution in [0.15, 0.2) is 48.5 Å². The van der Waals surface area contributed by atoms with Gasteiger partial charge in [0.2, 0.25) is 5.91 Å². The molecule has 0 bridgehead atoms. The lowest BCUT2D eigenvalue weighted by molar-refractivity contribution is -0.117.